The van der Waals surface area contributed by atoms with Gasteiger partial charge in [0.2, 0.25) is 5.95 Å². The van der Waals surface area contributed by atoms with E-state index in [1.54, 1.807) is 7.11 Å². The summed E-state index contributed by atoms with van der Waals surface area (Å²) in [5.41, 5.74) is 5.35. The minimum atomic E-state index is 0.584. The van der Waals surface area contributed by atoms with Gasteiger partial charge in [-0.1, -0.05) is 30.3 Å². The van der Waals surface area contributed by atoms with Crippen molar-refractivity contribution in [2.45, 2.75) is 27.3 Å². The van der Waals surface area contributed by atoms with E-state index < -0.39 is 0 Å². The van der Waals surface area contributed by atoms with Gasteiger partial charge in [-0.25, -0.2) is 4.98 Å². The molecule has 0 unspecified atom stereocenters. The van der Waals surface area contributed by atoms with E-state index in [1.807, 2.05) is 37.3 Å². The van der Waals surface area contributed by atoms with E-state index >= 15 is 0 Å². The fourth-order valence-electron chi connectivity index (χ4n) is 2.74. The Hall–Kier alpha value is -3.08. The van der Waals surface area contributed by atoms with Gasteiger partial charge in [0, 0.05) is 29.6 Å². The monoisotopic (exact) mass is 348 g/mol. The van der Waals surface area contributed by atoms with E-state index in [-0.39, 0.29) is 0 Å². The topological polar surface area (TPSA) is 59.1 Å². The van der Waals surface area contributed by atoms with Crippen LogP contribution in [0, 0.1) is 20.8 Å². The molecule has 2 aromatic carbocycles. The standard InChI is InChI=1S/C21H24N4O/c1-14-9-10-15(2)18(11-14)24-21-23-16(3)12-20(25-21)22-13-17-7-5-6-8-19(17)26-4/h5-12H,13H2,1-4H3,(H2,22,23,24,25). The molecule has 0 aliphatic heterocycles. The Balaban J connectivity index is 1.78. The number of para-hydroxylation sites is 1. The minimum Gasteiger partial charge on any atom is -0.496 e. The number of aromatic nitrogens is 2. The normalized spacial score (nSPS) is 10.5. The molecular weight excluding hydrogens is 324 g/mol. The van der Waals surface area contributed by atoms with Crippen molar-refractivity contribution < 1.29 is 4.74 Å². The SMILES string of the molecule is COc1ccccc1CNc1cc(C)nc(Nc2cc(C)ccc2C)n1. The molecule has 0 saturated carbocycles. The second-order valence-corrected chi connectivity index (χ2v) is 6.33. The molecule has 0 amide bonds. The fraction of sp³-hybridized carbons (Fsp3) is 0.238. The van der Waals surface area contributed by atoms with Crippen molar-refractivity contribution in [3.63, 3.8) is 0 Å². The number of aryl methyl sites for hydroxylation is 3. The van der Waals surface area contributed by atoms with Gasteiger partial charge in [-0.2, -0.15) is 4.98 Å². The summed E-state index contributed by atoms with van der Waals surface area (Å²) in [4.78, 5) is 9.10. The van der Waals surface area contributed by atoms with Crippen LogP contribution in [0.15, 0.2) is 48.5 Å². The maximum absolute atomic E-state index is 5.40. The lowest BCUT2D eigenvalue weighted by atomic mass is 10.1. The van der Waals surface area contributed by atoms with E-state index in [2.05, 4.69) is 52.6 Å². The molecular formula is C21H24N4O. The Bertz CT molecular complexity index is 908. The molecule has 0 fully saturated rings. The number of nitrogens with one attached hydrogen (secondary N) is 2. The van der Waals surface area contributed by atoms with Crippen molar-refractivity contribution >= 4 is 17.5 Å². The van der Waals surface area contributed by atoms with Crippen molar-refractivity contribution in [2.24, 2.45) is 0 Å². The Kier molecular flexibility index (Phi) is 5.37. The van der Waals surface area contributed by atoms with Crippen molar-refractivity contribution in [3.8, 4) is 5.75 Å². The predicted molar refractivity (Wildman–Crippen MR) is 106 cm³/mol. The maximum Gasteiger partial charge on any atom is 0.229 e. The second-order valence-electron chi connectivity index (χ2n) is 6.33. The minimum absolute atomic E-state index is 0.584. The molecule has 2 N–H and O–H groups in total. The van der Waals surface area contributed by atoms with Crippen LogP contribution in [0.25, 0.3) is 0 Å². The zero-order chi connectivity index (χ0) is 18.5. The molecule has 0 aliphatic rings. The van der Waals surface area contributed by atoms with Crippen LogP contribution < -0.4 is 15.4 Å². The van der Waals surface area contributed by atoms with E-state index in [0.717, 1.165) is 34.1 Å². The van der Waals surface area contributed by atoms with Gasteiger partial charge in [-0.15, -0.1) is 0 Å². The summed E-state index contributed by atoms with van der Waals surface area (Å²) in [5.74, 6) is 2.22. The third-order valence-corrected chi connectivity index (χ3v) is 4.15. The first kappa shape index (κ1) is 17.7. The van der Waals surface area contributed by atoms with Gasteiger partial charge in [0.05, 0.1) is 7.11 Å². The maximum atomic E-state index is 5.40. The largest absolute Gasteiger partial charge is 0.496 e. The molecule has 5 nitrogen and oxygen atoms in total. The number of hydrogen-bond donors (Lipinski definition) is 2. The number of methoxy groups -OCH3 is 1. The summed E-state index contributed by atoms with van der Waals surface area (Å²) in [7, 11) is 1.68. The van der Waals surface area contributed by atoms with Gasteiger partial charge in [0.1, 0.15) is 11.6 Å². The van der Waals surface area contributed by atoms with Gasteiger partial charge < -0.3 is 15.4 Å². The molecule has 0 saturated heterocycles. The van der Waals surface area contributed by atoms with E-state index in [9.17, 15) is 0 Å². The summed E-state index contributed by atoms with van der Waals surface area (Å²) in [6.45, 7) is 6.73. The number of ether oxygens (including phenoxy) is 1. The number of benzene rings is 2. The highest BCUT2D eigenvalue weighted by atomic mass is 16.5. The third kappa shape index (κ3) is 4.30. The molecule has 134 valence electrons. The molecule has 26 heavy (non-hydrogen) atoms. The average molecular weight is 348 g/mol. The third-order valence-electron chi connectivity index (χ3n) is 4.15. The number of hydrogen-bond acceptors (Lipinski definition) is 5. The van der Waals surface area contributed by atoms with Gasteiger partial charge in [0.25, 0.3) is 0 Å². The lowest BCUT2D eigenvalue weighted by Crippen LogP contribution is -2.07. The van der Waals surface area contributed by atoms with Crippen molar-refractivity contribution in [1.82, 2.24) is 9.97 Å². The van der Waals surface area contributed by atoms with Crippen LogP contribution in [0.4, 0.5) is 17.5 Å². The fourth-order valence-corrected chi connectivity index (χ4v) is 2.74. The van der Waals surface area contributed by atoms with Crippen LogP contribution in [-0.2, 0) is 6.54 Å². The van der Waals surface area contributed by atoms with Gasteiger partial charge in [-0.05, 0) is 44.0 Å². The molecule has 1 heterocycles. The Morgan fingerprint density at radius 3 is 2.58 bits per heavy atom. The van der Waals surface area contributed by atoms with Gasteiger partial charge in [-0.3, -0.25) is 0 Å². The summed E-state index contributed by atoms with van der Waals surface area (Å²) in [5, 5.41) is 6.69. The average Bonchev–Trinajstić information content (AvgIpc) is 2.63. The molecule has 1 aromatic heterocycles. The lowest BCUT2D eigenvalue weighted by Gasteiger charge is -2.13. The first-order valence-electron chi connectivity index (χ1n) is 8.61. The summed E-state index contributed by atoms with van der Waals surface area (Å²) in [6.07, 6.45) is 0. The number of rotatable bonds is 6. The van der Waals surface area contributed by atoms with Crippen molar-refractivity contribution in [3.05, 3.63) is 70.9 Å². The Morgan fingerprint density at radius 2 is 1.77 bits per heavy atom. The highest BCUT2D eigenvalue weighted by Crippen LogP contribution is 2.22. The van der Waals surface area contributed by atoms with Crippen molar-refractivity contribution in [1.29, 1.82) is 0 Å². The predicted octanol–water partition coefficient (Wildman–Crippen LogP) is 4.77. The quantitative estimate of drug-likeness (QED) is 0.672. The first-order valence-corrected chi connectivity index (χ1v) is 8.61. The summed E-state index contributed by atoms with van der Waals surface area (Å²) >= 11 is 0. The molecule has 0 bridgehead atoms. The lowest BCUT2D eigenvalue weighted by molar-refractivity contribution is 0.410. The smallest absolute Gasteiger partial charge is 0.229 e. The first-order chi connectivity index (χ1) is 12.5. The highest BCUT2D eigenvalue weighted by molar-refractivity contribution is 5.60. The zero-order valence-corrected chi connectivity index (χ0v) is 15.6. The van der Waals surface area contributed by atoms with Crippen LogP contribution in [0.5, 0.6) is 5.75 Å². The number of anilines is 3. The summed E-state index contributed by atoms with van der Waals surface area (Å²) < 4.78 is 5.40. The van der Waals surface area contributed by atoms with E-state index in [1.165, 1.54) is 5.56 Å². The summed E-state index contributed by atoms with van der Waals surface area (Å²) in [6, 6.07) is 16.2. The molecule has 3 aromatic rings. The van der Waals surface area contributed by atoms with Gasteiger partial charge in [0.15, 0.2) is 0 Å². The van der Waals surface area contributed by atoms with E-state index in [0.29, 0.717) is 12.5 Å². The molecule has 5 heteroatoms. The molecule has 3 rings (SSSR count). The highest BCUT2D eigenvalue weighted by Gasteiger charge is 2.07. The molecule has 0 radical (unpaired) electrons. The number of nitrogens with zero attached hydrogens (tertiary/aromatic N) is 2. The second kappa shape index (κ2) is 7.87. The Labute approximate surface area is 154 Å². The van der Waals surface area contributed by atoms with Gasteiger partial charge >= 0.3 is 0 Å². The van der Waals surface area contributed by atoms with Crippen molar-refractivity contribution in [2.75, 3.05) is 17.7 Å². The van der Waals surface area contributed by atoms with Crippen LogP contribution in [-0.4, -0.2) is 17.1 Å². The molecule has 0 aliphatic carbocycles. The van der Waals surface area contributed by atoms with Crippen LogP contribution in [0.1, 0.15) is 22.4 Å². The zero-order valence-electron chi connectivity index (χ0n) is 15.6. The van der Waals surface area contributed by atoms with Crippen LogP contribution in [0.2, 0.25) is 0 Å². The molecule has 0 spiro atoms. The van der Waals surface area contributed by atoms with E-state index in [4.69, 9.17) is 4.74 Å². The Morgan fingerprint density at radius 1 is 0.962 bits per heavy atom. The van der Waals surface area contributed by atoms with Crippen LogP contribution >= 0.6 is 0 Å². The molecule has 0 atom stereocenters. The van der Waals surface area contributed by atoms with Crippen LogP contribution in [0.3, 0.4) is 0 Å².